The first-order valence-corrected chi connectivity index (χ1v) is 9.01. The molecule has 0 saturated heterocycles. The molecule has 0 aliphatic rings. The summed E-state index contributed by atoms with van der Waals surface area (Å²) in [6.07, 6.45) is 0.281. The Balaban J connectivity index is 1.70. The molecule has 23 heavy (non-hydrogen) atoms. The van der Waals surface area contributed by atoms with Gasteiger partial charge in [-0.05, 0) is 26.3 Å². The van der Waals surface area contributed by atoms with Crippen molar-refractivity contribution in [1.29, 1.82) is 0 Å². The van der Waals surface area contributed by atoms with Crippen molar-refractivity contribution in [3.8, 4) is 11.3 Å². The van der Waals surface area contributed by atoms with Crippen LogP contribution < -0.4 is 5.32 Å². The Labute approximate surface area is 143 Å². The number of rotatable bonds is 4. The second-order valence-electron chi connectivity index (χ2n) is 5.44. The Hall–Kier alpha value is -2.05. The molecular weight excluding hydrogens is 326 g/mol. The minimum absolute atomic E-state index is 0.0863. The molecule has 0 bridgehead atoms. The van der Waals surface area contributed by atoms with Gasteiger partial charge in [-0.2, -0.15) is 0 Å². The van der Waals surface area contributed by atoms with Crippen LogP contribution in [0.5, 0.6) is 0 Å². The number of thiazole rings is 2. The first-order valence-electron chi connectivity index (χ1n) is 7.25. The van der Waals surface area contributed by atoms with Gasteiger partial charge in [-0.25, -0.2) is 9.97 Å². The lowest BCUT2D eigenvalue weighted by atomic mass is 10.0. The Kier molecular flexibility index (Phi) is 4.54. The molecule has 2 heterocycles. The minimum atomic E-state index is -0.0863. The third-order valence-corrected chi connectivity index (χ3v) is 5.00. The highest BCUT2D eigenvalue weighted by molar-refractivity contribution is 7.14. The first kappa shape index (κ1) is 15.8. The zero-order chi connectivity index (χ0) is 16.4. The van der Waals surface area contributed by atoms with Gasteiger partial charge in [0.2, 0.25) is 5.91 Å². The minimum Gasteiger partial charge on any atom is -0.302 e. The summed E-state index contributed by atoms with van der Waals surface area (Å²) >= 11 is 2.99. The van der Waals surface area contributed by atoms with Gasteiger partial charge in [0.25, 0.3) is 0 Å². The van der Waals surface area contributed by atoms with Crippen LogP contribution in [0.15, 0.2) is 29.0 Å². The Bertz CT molecular complexity index is 851. The number of amides is 1. The highest BCUT2D eigenvalue weighted by Gasteiger charge is 2.11. The number of anilines is 1. The number of carbonyl (C=O) groups excluding carboxylic acids is 1. The van der Waals surface area contributed by atoms with Crippen molar-refractivity contribution in [2.75, 3.05) is 5.32 Å². The normalized spacial score (nSPS) is 10.7. The highest BCUT2D eigenvalue weighted by Crippen LogP contribution is 2.28. The number of carbonyl (C=O) groups is 1. The highest BCUT2D eigenvalue weighted by atomic mass is 32.1. The van der Waals surface area contributed by atoms with Gasteiger partial charge in [-0.1, -0.05) is 23.8 Å². The Morgan fingerprint density at radius 2 is 1.96 bits per heavy atom. The summed E-state index contributed by atoms with van der Waals surface area (Å²) in [7, 11) is 0. The molecule has 0 aliphatic heterocycles. The molecule has 3 aromatic rings. The van der Waals surface area contributed by atoms with Gasteiger partial charge in [0, 0.05) is 16.3 Å². The monoisotopic (exact) mass is 343 g/mol. The van der Waals surface area contributed by atoms with E-state index >= 15 is 0 Å². The van der Waals surface area contributed by atoms with E-state index in [-0.39, 0.29) is 12.3 Å². The van der Waals surface area contributed by atoms with Crippen LogP contribution in [-0.2, 0) is 11.2 Å². The standard InChI is InChI=1S/C17H17N3OS2/c1-10-4-5-14(11(2)6-10)15-9-23-17(19-15)20-16(21)7-13-8-22-12(3)18-13/h4-6,8-9H,7H2,1-3H3,(H,19,20,21). The summed E-state index contributed by atoms with van der Waals surface area (Å²) in [6.45, 7) is 6.08. The van der Waals surface area contributed by atoms with E-state index in [1.807, 2.05) is 17.7 Å². The molecule has 0 saturated carbocycles. The molecule has 2 aromatic heterocycles. The van der Waals surface area contributed by atoms with E-state index in [2.05, 4.69) is 47.3 Å². The van der Waals surface area contributed by atoms with Crippen LogP contribution in [0.4, 0.5) is 5.13 Å². The number of hydrogen-bond acceptors (Lipinski definition) is 5. The molecule has 0 aliphatic carbocycles. The van der Waals surface area contributed by atoms with Crippen molar-refractivity contribution in [2.24, 2.45) is 0 Å². The van der Waals surface area contributed by atoms with Gasteiger partial charge in [-0.3, -0.25) is 4.79 Å². The fraction of sp³-hybridized carbons (Fsp3) is 0.235. The predicted octanol–water partition coefficient (Wildman–Crippen LogP) is 4.37. The smallest absolute Gasteiger partial charge is 0.232 e. The number of benzene rings is 1. The fourth-order valence-corrected chi connectivity index (χ4v) is 3.71. The SMILES string of the molecule is Cc1ccc(-c2csc(NC(=O)Cc3csc(C)n3)n2)c(C)c1. The van der Waals surface area contributed by atoms with E-state index in [1.165, 1.54) is 22.5 Å². The third-order valence-electron chi connectivity index (χ3n) is 3.42. The lowest BCUT2D eigenvalue weighted by molar-refractivity contribution is -0.115. The maximum absolute atomic E-state index is 12.1. The van der Waals surface area contributed by atoms with Gasteiger partial charge >= 0.3 is 0 Å². The number of hydrogen-bond donors (Lipinski definition) is 1. The topological polar surface area (TPSA) is 54.9 Å². The van der Waals surface area contributed by atoms with Crippen molar-refractivity contribution >= 4 is 33.7 Å². The van der Waals surface area contributed by atoms with Crippen LogP contribution in [0.3, 0.4) is 0 Å². The number of aromatic nitrogens is 2. The lowest BCUT2D eigenvalue weighted by Crippen LogP contribution is -2.14. The fourth-order valence-electron chi connectivity index (χ4n) is 2.37. The summed E-state index contributed by atoms with van der Waals surface area (Å²) in [6, 6.07) is 6.28. The molecule has 1 aromatic carbocycles. The maximum atomic E-state index is 12.1. The average molecular weight is 343 g/mol. The van der Waals surface area contributed by atoms with Crippen molar-refractivity contribution in [2.45, 2.75) is 27.2 Å². The third kappa shape index (κ3) is 3.83. The molecule has 1 amide bonds. The van der Waals surface area contributed by atoms with Gasteiger partial charge in [0.05, 0.1) is 22.8 Å². The summed E-state index contributed by atoms with van der Waals surface area (Å²) < 4.78 is 0. The number of aryl methyl sites for hydroxylation is 3. The van der Waals surface area contributed by atoms with Gasteiger partial charge in [-0.15, -0.1) is 22.7 Å². The second kappa shape index (κ2) is 6.60. The average Bonchev–Trinajstić information content (AvgIpc) is 3.08. The first-order chi connectivity index (χ1) is 11.0. The summed E-state index contributed by atoms with van der Waals surface area (Å²) in [5, 5.41) is 8.33. The van der Waals surface area contributed by atoms with Gasteiger partial charge < -0.3 is 5.32 Å². The molecule has 0 fully saturated rings. The lowest BCUT2D eigenvalue weighted by Gasteiger charge is -2.03. The van der Waals surface area contributed by atoms with Gasteiger partial charge in [0.15, 0.2) is 5.13 Å². The summed E-state index contributed by atoms with van der Waals surface area (Å²) in [5.74, 6) is -0.0863. The quantitative estimate of drug-likeness (QED) is 0.765. The van der Waals surface area contributed by atoms with Gasteiger partial charge in [0.1, 0.15) is 0 Å². The van der Waals surface area contributed by atoms with E-state index in [0.717, 1.165) is 22.0 Å². The van der Waals surface area contributed by atoms with Crippen molar-refractivity contribution < 1.29 is 4.79 Å². The molecule has 0 radical (unpaired) electrons. The molecule has 1 N–H and O–H groups in total. The molecule has 118 valence electrons. The molecule has 6 heteroatoms. The predicted molar refractivity (Wildman–Crippen MR) is 96.2 cm³/mol. The maximum Gasteiger partial charge on any atom is 0.232 e. The summed E-state index contributed by atoms with van der Waals surface area (Å²) in [5.41, 5.74) is 5.21. The van der Waals surface area contributed by atoms with E-state index < -0.39 is 0 Å². The van der Waals surface area contributed by atoms with Crippen LogP contribution in [0.1, 0.15) is 21.8 Å². The van der Waals surface area contributed by atoms with Crippen LogP contribution in [-0.4, -0.2) is 15.9 Å². The molecule has 0 spiro atoms. The Morgan fingerprint density at radius 1 is 1.13 bits per heavy atom. The van der Waals surface area contributed by atoms with Crippen molar-refractivity contribution in [1.82, 2.24) is 9.97 Å². The Morgan fingerprint density at radius 3 is 2.65 bits per heavy atom. The second-order valence-corrected chi connectivity index (χ2v) is 7.36. The number of nitrogens with one attached hydrogen (secondary N) is 1. The van der Waals surface area contributed by atoms with Crippen LogP contribution in [0.25, 0.3) is 11.3 Å². The zero-order valence-electron chi connectivity index (χ0n) is 13.2. The van der Waals surface area contributed by atoms with Crippen molar-refractivity contribution in [3.63, 3.8) is 0 Å². The largest absolute Gasteiger partial charge is 0.302 e. The molecule has 3 rings (SSSR count). The van der Waals surface area contributed by atoms with E-state index in [1.54, 1.807) is 11.3 Å². The molecule has 0 unspecified atom stereocenters. The van der Waals surface area contributed by atoms with Crippen LogP contribution in [0.2, 0.25) is 0 Å². The summed E-state index contributed by atoms with van der Waals surface area (Å²) in [4.78, 5) is 20.9. The van der Waals surface area contributed by atoms with E-state index in [9.17, 15) is 4.79 Å². The molecule has 4 nitrogen and oxygen atoms in total. The number of nitrogens with zero attached hydrogens (tertiary/aromatic N) is 2. The van der Waals surface area contributed by atoms with Crippen molar-refractivity contribution in [3.05, 3.63) is 50.8 Å². The molecule has 0 atom stereocenters. The zero-order valence-corrected chi connectivity index (χ0v) is 14.8. The van der Waals surface area contributed by atoms with E-state index in [0.29, 0.717) is 5.13 Å². The van der Waals surface area contributed by atoms with E-state index in [4.69, 9.17) is 0 Å². The van der Waals surface area contributed by atoms with Crippen LogP contribution >= 0.6 is 22.7 Å². The van der Waals surface area contributed by atoms with Crippen LogP contribution in [0, 0.1) is 20.8 Å². The molecular formula is C17H17N3OS2.